The van der Waals surface area contributed by atoms with Crippen molar-refractivity contribution in [1.82, 2.24) is 9.88 Å². The van der Waals surface area contributed by atoms with Crippen LogP contribution in [-0.4, -0.2) is 45.9 Å². The van der Waals surface area contributed by atoms with Crippen LogP contribution in [0, 0.1) is 12.8 Å². The van der Waals surface area contributed by atoms with E-state index in [-0.39, 0.29) is 29.8 Å². The number of carbonyl (C=O) groups excluding carboxylic acids is 2. The summed E-state index contributed by atoms with van der Waals surface area (Å²) in [5.74, 6) is -1.38. The molecule has 0 aliphatic carbocycles. The van der Waals surface area contributed by atoms with Crippen molar-refractivity contribution in [2.75, 3.05) is 13.1 Å². The van der Waals surface area contributed by atoms with Gasteiger partial charge in [-0.2, -0.15) is 13.2 Å². The van der Waals surface area contributed by atoms with Crippen molar-refractivity contribution in [2.45, 2.75) is 38.0 Å². The Kier molecular flexibility index (Phi) is 7.00. The first kappa shape index (κ1) is 24.0. The van der Waals surface area contributed by atoms with Crippen LogP contribution in [0.15, 0.2) is 23.6 Å². The number of alkyl halides is 3. The number of benzene rings is 1. The summed E-state index contributed by atoms with van der Waals surface area (Å²) in [7, 11) is 0. The van der Waals surface area contributed by atoms with Gasteiger partial charge >= 0.3 is 6.18 Å². The molecule has 0 bridgehead atoms. The second-order valence-corrected chi connectivity index (χ2v) is 9.15. The third kappa shape index (κ3) is 5.05. The molecule has 1 aromatic carbocycles. The van der Waals surface area contributed by atoms with Crippen molar-refractivity contribution >= 4 is 46.2 Å². The van der Waals surface area contributed by atoms with Crippen molar-refractivity contribution < 1.29 is 27.9 Å². The maximum Gasteiger partial charge on any atom is 0.424 e. The van der Waals surface area contributed by atoms with Crippen LogP contribution in [0.1, 0.15) is 40.3 Å². The van der Waals surface area contributed by atoms with E-state index in [4.69, 9.17) is 23.2 Å². The number of Topliss-reactive ketones (excluding diaryl/α,β-unsaturated/α-hetero) is 1. The second-order valence-electron chi connectivity index (χ2n) is 7.48. The van der Waals surface area contributed by atoms with Crippen LogP contribution in [0.25, 0.3) is 0 Å². The van der Waals surface area contributed by atoms with Gasteiger partial charge < -0.3 is 10.0 Å². The number of halogens is 5. The van der Waals surface area contributed by atoms with Gasteiger partial charge in [0.25, 0.3) is 0 Å². The molecule has 3 rings (SSSR count). The normalized spacial score (nSPS) is 17.5. The van der Waals surface area contributed by atoms with E-state index in [1.807, 2.05) is 0 Å². The summed E-state index contributed by atoms with van der Waals surface area (Å²) in [5.41, 5.74) is -2.63. The minimum absolute atomic E-state index is 0.112. The smallest absolute Gasteiger partial charge is 0.374 e. The zero-order chi connectivity index (χ0) is 23.0. The van der Waals surface area contributed by atoms with E-state index < -0.39 is 29.1 Å². The number of rotatable bonds is 5. The highest BCUT2D eigenvalue weighted by atomic mass is 35.5. The number of ketones is 1. The number of nitrogens with zero attached hydrogens (tertiary/aromatic N) is 2. The Labute approximate surface area is 190 Å². The third-order valence-electron chi connectivity index (χ3n) is 5.27. The molecule has 31 heavy (non-hydrogen) atoms. The number of aryl methyl sites for hydroxylation is 1. The molecule has 1 atom stereocenters. The van der Waals surface area contributed by atoms with Gasteiger partial charge in [0.1, 0.15) is 5.01 Å². The summed E-state index contributed by atoms with van der Waals surface area (Å²) >= 11 is 12.5. The highest BCUT2D eigenvalue weighted by molar-refractivity contribution is 7.09. The molecule has 5 nitrogen and oxygen atoms in total. The Bertz CT molecular complexity index is 990. The molecule has 1 N–H and O–H groups in total. The standard InChI is InChI=1S/C20H19Cl2F3N2O3S/c1-11-10-31-18(26-11)19(30,20(23,24)25)9-16(28)27-6-4-12(5-7-27)17(29)13-2-3-14(21)15(22)8-13/h2-3,8,10,12,30H,4-7,9H2,1H3. The minimum atomic E-state index is -5.06. The van der Waals surface area contributed by atoms with Crippen molar-refractivity contribution in [3.05, 3.63) is 49.9 Å². The number of aromatic nitrogens is 1. The second kappa shape index (κ2) is 9.05. The zero-order valence-corrected chi connectivity index (χ0v) is 18.7. The maximum absolute atomic E-state index is 13.6. The Balaban J connectivity index is 1.66. The molecule has 1 saturated heterocycles. The molecule has 1 aliphatic heterocycles. The summed E-state index contributed by atoms with van der Waals surface area (Å²) in [6, 6.07) is 4.56. The van der Waals surface area contributed by atoms with E-state index in [0.29, 0.717) is 40.5 Å². The molecule has 1 unspecified atom stereocenters. The van der Waals surface area contributed by atoms with Gasteiger partial charge in [-0.3, -0.25) is 9.59 Å². The Morgan fingerprint density at radius 2 is 1.87 bits per heavy atom. The molecule has 0 radical (unpaired) electrons. The number of carbonyl (C=O) groups is 2. The fraction of sp³-hybridized carbons (Fsp3) is 0.450. The van der Waals surface area contributed by atoms with Gasteiger partial charge in [-0.1, -0.05) is 23.2 Å². The SMILES string of the molecule is Cc1csc(C(O)(CC(=O)N2CCC(C(=O)c3ccc(Cl)c(Cl)c3)CC2)C(F)(F)F)n1. The average Bonchev–Trinajstić information content (AvgIpc) is 3.15. The maximum atomic E-state index is 13.6. The molecule has 1 aromatic heterocycles. The third-order valence-corrected chi connectivity index (χ3v) is 7.12. The first-order chi connectivity index (χ1) is 14.4. The molecular weight excluding hydrogens is 476 g/mol. The van der Waals surface area contributed by atoms with Gasteiger partial charge in [0.2, 0.25) is 11.5 Å². The molecule has 2 heterocycles. The molecule has 0 spiro atoms. The Morgan fingerprint density at radius 3 is 2.39 bits per heavy atom. The monoisotopic (exact) mass is 494 g/mol. The Hall–Kier alpha value is -1.68. The molecule has 1 fully saturated rings. The molecule has 0 saturated carbocycles. The lowest BCUT2D eigenvalue weighted by Crippen LogP contribution is -2.48. The fourth-order valence-corrected chi connectivity index (χ4v) is 4.66. The molecule has 1 aliphatic rings. The average molecular weight is 495 g/mol. The van der Waals surface area contributed by atoms with Crippen LogP contribution in [0.4, 0.5) is 13.2 Å². The summed E-state index contributed by atoms with van der Waals surface area (Å²) in [6.07, 6.45) is -5.62. The van der Waals surface area contributed by atoms with Crippen LogP contribution in [0.2, 0.25) is 10.0 Å². The predicted octanol–water partition coefficient (Wildman–Crippen LogP) is 5.02. The zero-order valence-electron chi connectivity index (χ0n) is 16.4. The van der Waals surface area contributed by atoms with Crippen molar-refractivity contribution in [1.29, 1.82) is 0 Å². The van der Waals surface area contributed by atoms with E-state index in [0.717, 1.165) is 0 Å². The quantitative estimate of drug-likeness (QED) is 0.592. The Morgan fingerprint density at radius 1 is 1.23 bits per heavy atom. The summed E-state index contributed by atoms with van der Waals surface area (Å²) in [4.78, 5) is 30.3. The van der Waals surface area contributed by atoms with Crippen LogP contribution in [0.3, 0.4) is 0 Å². The lowest BCUT2D eigenvalue weighted by molar-refractivity contribution is -0.268. The number of hydrogen-bond donors (Lipinski definition) is 1. The van der Waals surface area contributed by atoms with E-state index in [2.05, 4.69) is 4.98 Å². The van der Waals surface area contributed by atoms with Gasteiger partial charge in [0.05, 0.1) is 16.5 Å². The molecule has 168 valence electrons. The van der Waals surface area contributed by atoms with Crippen molar-refractivity contribution in [2.24, 2.45) is 5.92 Å². The lowest BCUT2D eigenvalue weighted by atomic mass is 9.88. The number of piperidine rings is 1. The number of thiazole rings is 1. The fourth-order valence-electron chi connectivity index (χ4n) is 3.45. The van der Waals surface area contributed by atoms with Gasteiger partial charge in [0.15, 0.2) is 5.78 Å². The van der Waals surface area contributed by atoms with Crippen molar-refractivity contribution in [3.63, 3.8) is 0 Å². The van der Waals surface area contributed by atoms with E-state index in [1.54, 1.807) is 6.07 Å². The first-order valence-corrected chi connectivity index (χ1v) is 11.0. The van der Waals surface area contributed by atoms with Crippen LogP contribution < -0.4 is 0 Å². The predicted molar refractivity (Wildman–Crippen MR) is 112 cm³/mol. The topological polar surface area (TPSA) is 70.5 Å². The van der Waals surface area contributed by atoms with Crippen molar-refractivity contribution in [3.8, 4) is 0 Å². The van der Waals surface area contributed by atoms with Gasteiger partial charge in [-0.05, 0) is 38.0 Å². The van der Waals surface area contributed by atoms with Crippen LogP contribution in [-0.2, 0) is 10.4 Å². The van der Waals surface area contributed by atoms with Gasteiger partial charge in [-0.25, -0.2) is 4.98 Å². The first-order valence-electron chi connectivity index (χ1n) is 9.41. The van der Waals surface area contributed by atoms with E-state index in [1.165, 1.54) is 29.3 Å². The lowest BCUT2D eigenvalue weighted by Gasteiger charge is -2.34. The van der Waals surface area contributed by atoms with Gasteiger partial charge in [0, 0.05) is 35.6 Å². The molecule has 11 heteroatoms. The minimum Gasteiger partial charge on any atom is -0.374 e. The summed E-state index contributed by atoms with van der Waals surface area (Å²) in [6.45, 7) is 1.73. The number of hydrogen-bond acceptors (Lipinski definition) is 5. The molecule has 1 amide bonds. The summed E-state index contributed by atoms with van der Waals surface area (Å²) < 4.78 is 40.9. The number of aliphatic hydroxyl groups is 1. The highest BCUT2D eigenvalue weighted by Gasteiger charge is 2.58. The highest BCUT2D eigenvalue weighted by Crippen LogP contribution is 2.43. The van der Waals surface area contributed by atoms with Gasteiger partial charge in [-0.15, -0.1) is 11.3 Å². The summed E-state index contributed by atoms with van der Waals surface area (Å²) in [5, 5.41) is 11.8. The number of amides is 1. The molecular formula is C20H19Cl2F3N2O3S. The number of likely N-dealkylation sites (tertiary alicyclic amines) is 1. The van der Waals surface area contributed by atoms with E-state index in [9.17, 15) is 27.9 Å². The largest absolute Gasteiger partial charge is 0.424 e. The molecule has 2 aromatic rings. The van der Waals surface area contributed by atoms with E-state index >= 15 is 0 Å². The van der Waals surface area contributed by atoms with Crippen LogP contribution in [0.5, 0.6) is 0 Å². The van der Waals surface area contributed by atoms with Crippen LogP contribution >= 0.6 is 34.5 Å².